The van der Waals surface area contributed by atoms with Crippen molar-refractivity contribution in [3.63, 3.8) is 0 Å². The second-order valence-corrected chi connectivity index (χ2v) is 3.93. The van der Waals surface area contributed by atoms with Gasteiger partial charge >= 0.3 is 0 Å². The molecule has 0 aliphatic heterocycles. The Bertz CT molecular complexity index is 295. The van der Waals surface area contributed by atoms with Gasteiger partial charge in [0.1, 0.15) is 0 Å². The molecule has 0 aromatic heterocycles. The Labute approximate surface area is 80.3 Å². The number of rotatable bonds is 1. The average molecular weight is 172 g/mol. The van der Waals surface area contributed by atoms with Gasteiger partial charge in [0.15, 0.2) is 0 Å². The minimum absolute atomic E-state index is 0.768. The molecule has 0 radical (unpaired) electrons. The van der Waals surface area contributed by atoms with Crippen LogP contribution in [0.2, 0.25) is 0 Å². The van der Waals surface area contributed by atoms with Gasteiger partial charge in [0, 0.05) is 0 Å². The van der Waals surface area contributed by atoms with Crippen molar-refractivity contribution in [3.8, 4) is 0 Å². The van der Waals surface area contributed by atoms with Crippen LogP contribution >= 0.6 is 0 Å². The van der Waals surface area contributed by atoms with Gasteiger partial charge in [0.2, 0.25) is 0 Å². The predicted molar refractivity (Wildman–Crippen MR) is 56.8 cm³/mol. The summed E-state index contributed by atoms with van der Waals surface area (Å²) >= 11 is 0. The van der Waals surface area contributed by atoms with Gasteiger partial charge in [-0.25, -0.2) is 0 Å². The molecule has 1 aromatic rings. The predicted octanol–water partition coefficient (Wildman–Crippen LogP) is 3.90. The molecule has 1 aliphatic carbocycles. The van der Waals surface area contributed by atoms with Crippen molar-refractivity contribution in [2.45, 2.75) is 32.1 Å². The monoisotopic (exact) mass is 172 g/mol. The summed E-state index contributed by atoms with van der Waals surface area (Å²) in [5, 5.41) is 0. The first kappa shape index (κ1) is 8.55. The molecule has 0 amide bonds. The van der Waals surface area contributed by atoms with E-state index in [2.05, 4.69) is 43.3 Å². The zero-order valence-electron chi connectivity index (χ0n) is 8.16. The Kier molecular flexibility index (Phi) is 2.49. The first-order valence-corrected chi connectivity index (χ1v) is 5.07. The number of allylic oxidation sites excluding steroid dienone is 2. The fourth-order valence-electron chi connectivity index (χ4n) is 1.99. The summed E-state index contributed by atoms with van der Waals surface area (Å²) in [7, 11) is 0. The molecule has 0 N–H and O–H groups in total. The van der Waals surface area contributed by atoms with E-state index in [4.69, 9.17) is 0 Å². The van der Waals surface area contributed by atoms with Crippen LogP contribution < -0.4 is 0 Å². The van der Waals surface area contributed by atoms with Crippen LogP contribution in [0, 0.1) is 0 Å². The van der Waals surface area contributed by atoms with Gasteiger partial charge in [-0.15, -0.1) is 0 Å². The normalized spacial score (nSPS) is 22.5. The standard InChI is InChI=1S/C13H16/c1-11-7-9-13(10-8-11)12-5-3-2-4-6-12/h2-7,13H,8-10H2,1H3. The molecule has 1 unspecified atom stereocenters. The highest BCUT2D eigenvalue weighted by molar-refractivity contribution is 5.22. The maximum absolute atomic E-state index is 2.39. The van der Waals surface area contributed by atoms with Gasteiger partial charge in [0.25, 0.3) is 0 Å². The molecule has 0 saturated heterocycles. The molecule has 0 saturated carbocycles. The SMILES string of the molecule is CC1=CCC(c2ccccc2)CC1. The summed E-state index contributed by atoms with van der Waals surface area (Å²) in [5.74, 6) is 0.768. The molecule has 0 heterocycles. The van der Waals surface area contributed by atoms with Crippen LogP contribution in [0.3, 0.4) is 0 Å². The molecule has 13 heavy (non-hydrogen) atoms. The van der Waals surface area contributed by atoms with Gasteiger partial charge in [0.05, 0.1) is 0 Å². The topological polar surface area (TPSA) is 0 Å². The summed E-state index contributed by atoms with van der Waals surface area (Å²) in [6, 6.07) is 10.9. The minimum atomic E-state index is 0.768. The van der Waals surface area contributed by atoms with Crippen LogP contribution in [-0.4, -0.2) is 0 Å². The molecule has 0 nitrogen and oxygen atoms in total. The van der Waals surface area contributed by atoms with Gasteiger partial charge in [-0.3, -0.25) is 0 Å². The smallest absolute Gasteiger partial charge is 0.0124 e. The van der Waals surface area contributed by atoms with Crippen LogP contribution in [0.25, 0.3) is 0 Å². The minimum Gasteiger partial charge on any atom is -0.0850 e. The maximum Gasteiger partial charge on any atom is -0.0124 e. The van der Waals surface area contributed by atoms with E-state index in [0.717, 1.165) is 5.92 Å². The van der Waals surface area contributed by atoms with Crippen molar-refractivity contribution in [1.29, 1.82) is 0 Å². The van der Waals surface area contributed by atoms with Crippen molar-refractivity contribution < 1.29 is 0 Å². The molecular formula is C13H16. The second-order valence-electron chi connectivity index (χ2n) is 3.93. The van der Waals surface area contributed by atoms with E-state index in [1.54, 1.807) is 5.57 Å². The van der Waals surface area contributed by atoms with Gasteiger partial charge in [-0.05, 0) is 37.7 Å². The quantitative estimate of drug-likeness (QED) is 0.563. The molecule has 0 bridgehead atoms. The molecule has 0 heteroatoms. The fourth-order valence-corrected chi connectivity index (χ4v) is 1.99. The van der Waals surface area contributed by atoms with Gasteiger partial charge in [-0.2, -0.15) is 0 Å². The zero-order valence-corrected chi connectivity index (χ0v) is 8.16. The van der Waals surface area contributed by atoms with Crippen molar-refractivity contribution in [2.75, 3.05) is 0 Å². The Morgan fingerprint density at radius 1 is 1.15 bits per heavy atom. The summed E-state index contributed by atoms with van der Waals surface area (Å²) in [6.07, 6.45) is 6.23. The number of hydrogen-bond acceptors (Lipinski definition) is 0. The highest BCUT2D eigenvalue weighted by atomic mass is 14.2. The highest BCUT2D eigenvalue weighted by Crippen LogP contribution is 2.31. The Morgan fingerprint density at radius 2 is 1.92 bits per heavy atom. The van der Waals surface area contributed by atoms with Crippen molar-refractivity contribution >= 4 is 0 Å². The van der Waals surface area contributed by atoms with E-state index in [1.165, 1.54) is 24.8 Å². The third kappa shape index (κ3) is 2.00. The molecule has 1 atom stereocenters. The summed E-state index contributed by atoms with van der Waals surface area (Å²) in [6.45, 7) is 2.24. The van der Waals surface area contributed by atoms with Crippen LogP contribution in [0.5, 0.6) is 0 Å². The first-order valence-electron chi connectivity index (χ1n) is 5.07. The Balaban J connectivity index is 2.12. The van der Waals surface area contributed by atoms with E-state index in [1.807, 2.05) is 0 Å². The third-order valence-corrected chi connectivity index (χ3v) is 2.91. The molecule has 0 fully saturated rings. The summed E-state index contributed by atoms with van der Waals surface area (Å²) < 4.78 is 0. The van der Waals surface area contributed by atoms with E-state index < -0.39 is 0 Å². The van der Waals surface area contributed by atoms with E-state index in [0.29, 0.717) is 0 Å². The van der Waals surface area contributed by atoms with Crippen molar-refractivity contribution in [3.05, 3.63) is 47.5 Å². The Hall–Kier alpha value is -1.04. The number of hydrogen-bond donors (Lipinski definition) is 0. The van der Waals surface area contributed by atoms with E-state index in [-0.39, 0.29) is 0 Å². The molecule has 1 aromatic carbocycles. The van der Waals surface area contributed by atoms with Crippen LogP contribution in [-0.2, 0) is 0 Å². The molecule has 1 aliphatic rings. The lowest BCUT2D eigenvalue weighted by Gasteiger charge is -2.20. The van der Waals surface area contributed by atoms with E-state index in [9.17, 15) is 0 Å². The lowest BCUT2D eigenvalue weighted by Crippen LogP contribution is -2.02. The molecule has 2 rings (SSSR count). The van der Waals surface area contributed by atoms with E-state index >= 15 is 0 Å². The van der Waals surface area contributed by atoms with Crippen LogP contribution in [0.15, 0.2) is 42.0 Å². The summed E-state index contributed by atoms with van der Waals surface area (Å²) in [4.78, 5) is 0. The van der Waals surface area contributed by atoms with Gasteiger partial charge < -0.3 is 0 Å². The van der Waals surface area contributed by atoms with Gasteiger partial charge in [-0.1, -0.05) is 42.0 Å². The highest BCUT2D eigenvalue weighted by Gasteiger charge is 2.13. The fraction of sp³-hybridized carbons (Fsp3) is 0.385. The van der Waals surface area contributed by atoms with Crippen molar-refractivity contribution in [2.24, 2.45) is 0 Å². The maximum atomic E-state index is 2.39. The second kappa shape index (κ2) is 3.78. The third-order valence-electron chi connectivity index (χ3n) is 2.91. The molecule has 0 spiro atoms. The Morgan fingerprint density at radius 3 is 2.54 bits per heavy atom. The lowest BCUT2D eigenvalue weighted by atomic mass is 9.85. The number of benzene rings is 1. The molecule has 68 valence electrons. The molecular weight excluding hydrogens is 156 g/mol. The van der Waals surface area contributed by atoms with Crippen LogP contribution in [0.1, 0.15) is 37.7 Å². The summed E-state index contributed by atoms with van der Waals surface area (Å²) in [5.41, 5.74) is 3.07. The average Bonchev–Trinajstić information content (AvgIpc) is 2.20. The first-order chi connectivity index (χ1) is 6.36. The largest absolute Gasteiger partial charge is 0.0850 e. The zero-order chi connectivity index (χ0) is 9.10. The van der Waals surface area contributed by atoms with Crippen LogP contribution in [0.4, 0.5) is 0 Å². The lowest BCUT2D eigenvalue weighted by molar-refractivity contribution is 0.599. The van der Waals surface area contributed by atoms with Crippen molar-refractivity contribution in [1.82, 2.24) is 0 Å².